The molecule has 2 atom stereocenters. The van der Waals surface area contributed by atoms with Crippen molar-refractivity contribution in [2.45, 2.75) is 25.9 Å². The molecule has 0 fully saturated rings. The van der Waals surface area contributed by atoms with Gasteiger partial charge in [0.25, 0.3) is 0 Å². The number of nitrogens with one attached hydrogen (secondary N) is 2. The van der Waals surface area contributed by atoms with Gasteiger partial charge in [-0.25, -0.2) is 0 Å². The zero-order valence-corrected chi connectivity index (χ0v) is 6.15. The van der Waals surface area contributed by atoms with Crippen LogP contribution in [0.5, 0.6) is 0 Å². The highest BCUT2D eigenvalue weighted by atomic mass is 15.0. The minimum Gasteiger partial charge on any atom is -0.316 e. The fraction of sp³-hybridized carbons (Fsp3) is 1.00. The molecule has 0 aliphatic heterocycles. The first-order valence-corrected chi connectivity index (χ1v) is 3.07. The van der Waals surface area contributed by atoms with E-state index in [4.69, 9.17) is 0 Å². The third-order valence-corrected chi connectivity index (χ3v) is 1.66. The highest BCUT2D eigenvalue weighted by Gasteiger charge is 2.04. The molecule has 2 N–H and O–H groups in total. The Kier molecular flexibility index (Phi) is 3.83. The standard InChI is InChI=1S/C6H16N2/c1-5(7-3)6(2)8-4/h5-8H,1-4H3/t5-,6-/m1/s1. The van der Waals surface area contributed by atoms with Gasteiger partial charge in [0, 0.05) is 12.1 Å². The molecule has 0 amide bonds. The van der Waals surface area contributed by atoms with Crippen LogP contribution in [0.25, 0.3) is 0 Å². The summed E-state index contributed by atoms with van der Waals surface area (Å²) < 4.78 is 0. The predicted octanol–water partition coefficient (Wildman–Crippen LogP) is 0.202. The van der Waals surface area contributed by atoms with E-state index in [-0.39, 0.29) is 0 Å². The van der Waals surface area contributed by atoms with Gasteiger partial charge in [0.1, 0.15) is 0 Å². The van der Waals surface area contributed by atoms with Gasteiger partial charge in [-0.3, -0.25) is 0 Å². The molecule has 0 heterocycles. The summed E-state index contributed by atoms with van der Waals surface area (Å²) in [7, 11) is 3.94. The van der Waals surface area contributed by atoms with E-state index in [0.29, 0.717) is 12.1 Å². The van der Waals surface area contributed by atoms with E-state index >= 15 is 0 Å². The first-order chi connectivity index (χ1) is 3.72. The lowest BCUT2D eigenvalue weighted by Crippen LogP contribution is -2.40. The Balaban J connectivity index is 3.29. The number of hydrogen-bond acceptors (Lipinski definition) is 2. The van der Waals surface area contributed by atoms with Crippen LogP contribution in [0.2, 0.25) is 0 Å². The minimum atomic E-state index is 0.556. The molecule has 0 aromatic heterocycles. The maximum absolute atomic E-state index is 3.15. The van der Waals surface area contributed by atoms with Gasteiger partial charge in [0.15, 0.2) is 0 Å². The van der Waals surface area contributed by atoms with E-state index < -0.39 is 0 Å². The number of hydrogen-bond donors (Lipinski definition) is 2. The van der Waals surface area contributed by atoms with E-state index in [1.54, 1.807) is 0 Å². The van der Waals surface area contributed by atoms with Crippen LogP contribution in [0.3, 0.4) is 0 Å². The van der Waals surface area contributed by atoms with Gasteiger partial charge in [-0.1, -0.05) is 0 Å². The summed E-state index contributed by atoms with van der Waals surface area (Å²) >= 11 is 0. The summed E-state index contributed by atoms with van der Waals surface area (Å²) in [6, 6.07) is 1.11. The maximum Gasteiger partial charge on any atom is 0.0187 e. The van der Waals surface area contributed by atoms with Crippen molar-refractivity contribution in [3.05, 3.63) is 0 Å². The van der Waals surface area contributed by atoms with Gasteiger partial charge in [0.05, 0.1) is 0 Å². The molecule has 2 nitrogen and oxygen atoms in total. The van der Waals surface area contributed by atoms with Crippen molar-refractivity contribution in [2.75, 3.05) is 14.1 Å². The van der Waals surface area contributed by atoms with E-state index in [1.807, 2.05) is 14.1 Å². The van der Waals surface area contributed by atoms with Crippen molar-refractivity contribution < 1.29 is 0 Å². The molecule has 0 aliphatic carbocycles. The Morgan fingerprint density at radius 1 is 0.875 bits per heavy atom. The lowest BCUT2D eigenvalue weighted by atomic mass is 10.2. The maximum atomic E-state index is 3.15. The molecular weight excluding hydrogens is 100 g/mol. The summed E-state index contributed by atoms with van der Waals surface area (Å²) in [5, 5.41) is 6.31. The summed E-state index contributed by atoms with van der Waals surface area (Å²) in [6.07, 6.45) is 0. The molecule has 0 saturated heterocycles. The molecule has 0 saturated carbocycles. The van der Waals surface area contributed by atoms with Gasteiger partial charge >= 0.3 is 0 Å². The predicted molar refractivity (Wildman–Crippen MR) is 37.0 cm³/mol. The summed E-state index contributed by atoms with van der Waals surface area (Å²) in [5.74, 6) is 0. The van der Waals surface area contributed by atoms with Crippen LogP contribution in [0.15, 0.2) is 0 Å². The van der Waals surface area contributed by atoms with Crippen molar-refractivity contribution in [3.8, 4) is 0 Å². The second-order valence-corrected chi connectivity index (χ2v) is 2.15. The zero-order valence-electron chi connectivity index (χ0n) is 6.15. The van der Waals surface area contributed by atoms with E-state index in [0.717, 1.165) is 0 Å². The highest BCUT2D eigenvalue weighted by molar-refractivity contribution is 4.69. The Morgan fingerprint density at radius 2 is 1.12 bits per heavy atom. The summed E-state index contributed by atoms with van der Waals surface area (Å²) in [5.41, 5.74) is 0. The molecule has 0 unspecified atom stereocenters. The average Bonchev–Trinajstić information content (AvgIpc) is 1.84. The third-order valence-electron chi connectivity index (χ3n) is 1.66. The largest absolute Gasteiger partial charge is 0.316 e. The van der Waals surface area contributed by atoms with Crippen molar-refractivity contribution >= 4 is 0 Å². The number of rotatable bonds is 3. The second-order valence-electron chi connectivity index (χ2n) is 2.15. The smallest absolute Gasteiger partial charge is 0.0187 e. The van der Waals surface area contributed by atoms with Gasteiger partial charge in [-0.05, 0) is 27.9 Å². The molecule has 2 heteroatoms. The molecule has 0 aromatic rings. The zero-order chi connectivity index (χ0) is 6.57. The highest BCUT2D eigenvalue weighted by Crippen LogP contribution is 1.86. The fourth-order valence-corrected chi connectivity index (χ4v) is 0.500. The van der Waals surface area contributed by atoms with E-state index in [1.165, 1.54) is 0 Å². The molecule has 0 aliphatic rings. The molecule has 50 valence electrons. The van der Waals surface area contributed by atoms with Crippen LogP contribution in [0.4, 0.5) is 0 Å². The summed E-state index contributed by atoms with van der Waals surface area (Å²) in [6.45, 7) is 4.31. The van der Waals surface area contributed by atoms with Crippen LogP contribution < -0.4 is 10.6 Å². The van der Waals surface area contributed by atoms with E-state index in [9.17, 15) is 0 Å². The Morgan fingerprint density at radius 3 is 1.25 bits per heavy atom. The third kappa shape index (κ3) is 2.28. The lowest BCUT2D eigenvalue weighted by molar-refractivity contribution is 0.460. The van der Waals surface area contributed by atoms with Gasteiger partial charge in [-0.2, -0.15) is 0 Å². The monoisotopic (exact) mass is 116 g/mol. The van der Waals surface area contributed by atoms with Crippen LogP contribution in [0, 0.1) is 0 Å². The fourth-order valence-electron chi connectivity index (χ4n) is 0.500. The van der Waals surface area contributed by atoms with E-state index in [2.05, 4.69) is 24.5 Å². The molecule has 0 radical (unpaired) electrons. The summed E-state index contributed by atoms with van der Waals surface area (Å²) in [4.78, 5) is 0. The van der Waals surface area contributed by atoms with Gasteiger partial charge in [-0.15, -0.1) is 0 Å². The van der Waals surface area contributed by atoms with Crippen molar-refractivity contribution in [3.63, 3.8) is 0 Å². The van der Waals surface area contributed by atoms with Crippen LogP contribution in [0.1, 0.15) is 13.8 Å². The SMILES string of the molecule is CN[C@H](C)[C@@H](C)NC. The van der Waals surface area contributed by atoms with Crippen LogP contribution in [-0.2, 0) is 0 Å². The topological polar surface area (TPSA) is 24.1 Å². The normalized spacial score (nSPS) is 18.0. The molecular formula is C6H16N2. The molecule has 0 spiro atoms. The Hall–Kier alpha value is -0.0800. The first kappa shape index (κ1) is 7.92. The minimum absolute atomic E-state index is 0.556. The molecule has 0 aromatic carbocycles. The molecule has 8 heavy (non-hydrogen) atoms. The van der Waals surface area contributed by atoms with Crippen LogP contribution in [-0.4, -0.2) is 26.2 Å². The van der Waals surface area contributed by atoms with Crippen molar-refractivity contribution in [1.82, 2.24) is 10.6 Å². The molecule has 0 rings (SSSR count). The number of likely N-dealkylation sites (N-methyl/N-ethyl adjacent to an activating group) is 2. The lowest BCUT2D eigenvalue weighted by Gasteiger charge is -2.17. The van der Waals surface area contributed by atoms with Crippen molar-refractivity contribution in [2.24, 2.45) is 0 Å². The average molecular weight is 116 g/mol. The molecule has 0 bridgehead atoms. The first-order valence-electron chi connectivity index (χ1n) is 3.07. The van der Waals surface area contributed by atoms with Gasteiger partial charge in [0.2, 0.25) is 0 Å². The van der Waals surface area contributed by atoms with Crippen molar-refractivity contribution in [1.29, 1.82) is 0 Å². The Labute approximate surface area is 51.7 Å². The Bertz CT molecular complexity index is 46.5. The second kappa shape index (κ2) is 3.87. The van der Waals surface area contributed by atoms with Crippen LogP contribution >= 0.6 is 0 Å². The van der Waals surface area contributed by atoms with Gasteiger partial charge < -0.3 is 10.6 Å². The quantitative estimate of drug-likeness (QED) is 0.550.